The summed E-state index contributed by atoms with van der Waals surface area (Å²) in [7, 11) is 0. The van der Waals surface area contributed by atoms with E-state index in [9.17, 15) is 4.79 Å². The van der Waals surface area contributed by atoms with E-state index in [1.165, 1.54) is 0 Å². The molecule has 4 nitrogen and oxygen atoms in total. The minimum Gasteiger partial charge on any atom is -0.392 e. The van der Waals surface area contributed by atoms with Gasteiger partial charge in [-0.1, -0.05) is 19.1 Å². The summed E-state index contributed by atoms with van der Waals surface area (Å²) in [5.74, 6) is 0.215. The van der Waals surface area contributed by atoms with Gasteiger partial charge in [0.25, 0.3) is 0 Å². The van der Waals surface area contributed by atoms with E-state index in [-0.39, 0.29) is 11.9 Å². The number of nitrogens with two attached hydrogens (primary N) is 1. The van der Waals surface area contributed by atoms with Crippen LogP contribution in [-0.2, 0) is 4.79 Å². The zero-order valence-electron chi connectivity index (χ0n) is 10.8. The molecule has 1 atom stereocenters. The number of hydrogen-bond acceptors (Lipinski definition) is 3. The van der Waals surface area contributed by atoms with Crippen molar-refractivity contribution < 1.29 is 4.79 Å². The molecular formula is C12H23N3OS. The van der Waals surface area contributed by atoms with Crippen LogP contribution in [0.5, 0.6) is 0 Å². The van der Waals surface area contributed by atoms with E-state index in [1.807, 2.05) is 11.8 Å². The zero-order chi connectivity index (χ0) is 12.8. The molecule has 1 unspecified atom stereocenters. The van der Waals surface area contributed by atoms with Crippen LogP contribution in [0.1, 0.15) is 33.1 Å². The number of rotatable bonds is 6. The summed E-state index contributed by atoms with van der Waals surface area (Å²) in [6, 6.07) is -0.116. The van der Waals surface area contributed by atoms with Crippen LogP contribution in [0.2, 0.25) is 0 Å². The van der Waals surface area contributed by atoms with E-state index in [2.05, 4.69) is 11.8 Å². The predicted molar refractivity (Wildman–Crippen MR) is 73.9 cm³/mol. The Morgan fingerprint density at radius 3 is 2.53 bits per heavy atom. The van der Waals surface area contributed by atoms with Gasteiger partial charge in [-0.3, -0.25) is 9.69 Å². The number of likely N-dealkylation sites (tertiary alicyclic amines) is 1. The molecule has 1 aliphatic rings. The number of carbonyl (C=O) groups excluding carboxylic acids is 1. The van der Waals surface area contributed by atoms with Crippen LogP contribution in [0, 0.1) is 0 Å². The lowest BCUT2D eigenvalue weighted by molar-refractivity contribution is -0.135. The van der Waals surface area contributed by atoms with Gasteiger partial charge >= 0.3 is 0 Å². The molecule has 17 heavy (non-hydrogen) atoms. The quantitative estimate of drug-likeness (QED) is 0.721. The highest BCUT2D eigenvalue weighted by Gasteiger charge is 2.27. The van der Waals surface area contributed by atoms with Gasteiger partial charge < -0.3 is 10.6 Å². The van der Waals surface area contributed by atoms with Gasteiger partial charge in [-0.2, -0.15) is 0 Å². The van der Waals surface area contributed by atoms with E-state index < -0.39 is 0 Å². The topological polar surface area (TPSA) is 49.6 Å². The second kappa shape index (κ2) is 6.91. The second-order valence-corrected chi connectivity index (χ2v) is 5.17. The minimum atomic E-state index is -0.116. The molecule has 1 fully saturated rings. The van der Waals surface area contributed by atoms with Crippen molar-refractivity contribution in [3.05, 3.63) is 0 Å². The Balaban J connectivity index is 2.58. The molecule has 0 bridgehead atoms. The third-order valence-electron chi connectivity index (χ3n) is 3.19. The van der Waals surface area contributed by atoms with Crippen LogP contribution in [0.25, 0.3) is 0 Å². The first kappa shape index (κ1) is 14.4. The van der Waals surface area contributed by atoms with Crippen molar-refractivity contribution in [2.45, 2.75) is 39.2 Å². The van der Waals surface area contributed by atoms with Crippen molar-refractivity contribution in [3.8, 4) is 0 Å². The fraction of sp³-hybridized carbons (Fsp3) is 0.833. The van der Waals surface area contributed by atoms with Crippen LogP contribution in [0.3, 0.4) is 0 Å². The zero-order valence-corrected chi connectivity index (χ0v) is 11.6. The van der Waals surface area contributed by atoms with Crippen molar-refractivity contribution in [2.24, 2.45) is 5.73 Å². The molecule has 1 rings (SSSR count). The van der Waals surface area contributed by atoms with Gasteiger partial charge in [0.15, 0.2) is 0 Å². The van der Waals surface area contributed by atoms with Gasteiger partial charge in [-0.05, 0) is 32.7 Å². The maximum Gasteiger partial charge on any atom is 0.239 e. The molecule has 5 heteroatoms. The van der Waals surface area contributed by atoms with Gasteiger partial charge in [0.2, 0.25) is 5.91 Å². The van der Waals surface area contributed by atoms with Crippen molar-refractivity contribution in [3.63, 3.8) is 0 Å². The maximum atomic E-state index is 12.2. The van der Waals surface area contributed by atoms with Crippen molar-refractivity contribution in [1.82, 2.24) is 9.80 Å². The number of thiocarbonyl (C=S) groups is 1. The molecule has 2 N–H and O–H groups in total. The molecule has 0 aromatic rings. The second-order valence-electron chi connectivity index (χ2n) is 4.65. The van der Waals surface area contributed by atoms with Crippen molar-refractivity contribution in [1.29, 1.82) is 0 Å². The summed E-state index contributed by atoms with van der Waals surface area (Å²) < 4.78 is 0. The van der Waals surface area contributed by atoms with Gasteiger partial charge in [0.1, 0.15) is 0 Å². The van der Waals surface area contributed by atoms with Crippen LogP contribution >= 0.6 is 12.2 Å². The SMILES string of the molecule is CCCN(CC(N)=S)C(C)C(=O)N1CCCC1. The summed E-state index contributed by atoms with van der Waals surface area (Å²) in [4.78, 5) is 16.7. The molecule has 1 saturated heterocycles. The molecule has 0 aliphatic carbocycles. The standard InChI is InChI=1S/C12H23N3OS/c1-3-6-15(9-11(13)17)10(2)12(16)14-7-4-5-8-14/h10H,3-9H2,1-2H3,(H2,13,17). The molecule has 1 amide bonds. The number of nitrogens with zero attached hydrogens (tertiary/aromatic N) is 2. The molecule has 0 aromatic carbocycles. The van der Waals surface area contributed by atoms with Crippen LogP contribution in [-0.4, -0.2) is 52.9 Å². The Morgan fingerprint density at radius 1 is 1.47 bits per heavy atom. The molecule has 0 radical (unpaired) electrons. The smallest absolute Gasteiger partial charge is 0.239 e. The molecular weight excluding hydrogens is 234 g/mol. The average molecular weight is 257 g/mol. The highest BCUT2D eigenvalue weighted by atomic mass is 32.1. The first-order valence-electron chi connectivity index (χ1n) is 6.37. The van der Waals surface area contributed by atoms with E-state index in [0.29, 0.717) is 11.5 Å². The van der Waals surface area contributed by atoms with E-state index in [4.69, 9.17) is 18.0 Å². The Labute approximate surface area is 109 Å². The number of carbonyl (C=O) groups is 1. The molecule has 0 spiro atoms. The molecule has 0 saturated carbocycles. The third-order valence-corrected chi connectivity index (χ3v) is 3.32. The van der Waals surface area contributed by atoms with Crippen molar-refractivity contribution in [2.75, 3.05) is 26.2 Å². The number of amides is 1. The Kier molecular flexibility index (Phi) is 5.85. The first-order chi connectivity index (χ1) is 8.06. The lowest BCUT2D eigenvalue weighted by atomic mass is 10.2. The number of hydrogen-bond donors (Lipinski definition) is 1. The summed E-state index contributed by atoms with van der Waals surface area (Å²) >= 11 is 4.94. The van der Waals surface area contributed by atoms with E-state index in [0.717, 1.165) is 38.9 Å². The van der Waals surface area contributed by atoms with Gasteiger partial charge in [0, 0.05) is 19.6 Å². The van der Waals surface area contributed by atoms with Gasteiger partial charge in [-0.25, -0.2) is 0 Å². The highest BCUT2D eigenvalue weighted by Crippen LogP contribution is 2.12. The first-order valence-corrected chi connectivity index (χ1v) is 6.78. The fourth-order valence-corrected chi connectivity index (χ4v) is 2.42. The van der Waals surface area contributed by atoms with Crippen molar-refractivity contribution >= 4 is 23.1 Å². The predicted octanol–water partition coefficient (Wildman–Crippen LogP) is 0.995. The van der Waals surface area contributed by atoms with Crippen LogP contribution in [0.4, 0.5) is 0 Å². The Morgan fingerprint density at radius 2 is 2.06 bits per heavy atom. The largest absolute Gasteiger partial charge is 0.392 e. The van der Waals surface area contributed by atoms with E-state index >= 15 is 0 Å². The Hall–Kier alpha value is -0.680. The molecule has 1 aliphatic heterocycles. The van der Waals surface area contributed by atoms with E-state index in [1.54, 1.807) is 0 Å². The summed E-state index contributed by atoms with van der Waals surface area (Å²) in [6.45, 7) is 7.24. The highest BCUT2D eigenvalue weighted by molar-refractivity contribution is 7.80. The molecule has 98 valence electrons. The monoisotopic (exact) mass is 257 g/mol. The van der Waals surface area contributed by atoms with Crippen LogP contribution in [0.15, 0.2) is 0 Å². The lowest BCUT2D eigenvalue weighted by Gasteiger charge is -2.30. The lowest BCUT2D eigenvalue weighted by Crippen LogP contribution is -2.48. The Bertz CT molecular complexity index is 277. The summed E-state index contributed by atoms with van der Waals surface area (Å²) in [5, 5.41) is 0. The maximum absolute atomic E-state index is 12.2. The minimum absolute atomic E-state index is 0.116. The molecule has 1 heterocycles. The fourth-order valence-electron chi connectivity index (χ4n) is 2.25. The average Bonchev–Trinajstić information content (AvgIpc) is 2.79. The molecule has 0 aromatic heterocycles. The summed E-state index contributed by atoms with van der Waals surface area (Å²) in [6.07, 6.45) is 3.25. The van der Waals surface area contributed by atoms with Crippen LogP contribution < -0.4 is 5.73 Å². The third kappa shape index (κ3) is 4.24. The van der Waals surface area contributed by atoms with Gasteiger partial charge in [0.05, 0.1) is 11.0 Å². The van der Waals surface area contributed by atoms with Gasteiger partial charge in [-0.15, -0.1) is 0 Å². The normalized spacial score (nSPS) is 17.5. The summed E-state index contributed by atoms with van der Waals surface area (Å²) in [5.41, 5.74) is 5.58.